The van der Waals surface area contributed by atoms with Crippen LogP contribution in [0.5, 0.6) is 0 Å². The van der Waals surface area contributed by atoms with E-state index in [1.165, 1.54) is 0 Å². The highest BCUT2D eigenvalue weighted by atomic mass is 32.1. The Balaban J connectivity index is 2.55. The third-order valence-corrected chi connectivity index (χ3v) is 1.91. The van der Waals surface area contributed by atoms with Crippen LogP contribution in [0.1, 0.15) is 30.6 Å². The number of nitrogens with zero attached hydrogens (tertiary/aromatic N) is 2. The summed E-state index contributed by atoms with van der Waals surface area (Å²) in [5, 5.41) is 9.93. The molecule has 15 heavy (non-hydrogen) atoms. The highest BCUT2D eigenvalue weighted by Gasteiger charge is 2.17. The second-order valence-electron chi connectivity index (χ2n) is 3.69. The van der Waals surface area contributed by atoms with E-state index in [9.17, 15) is 9.59 Å². The van der Waals surface area contributed by atoms with Gasteiger partial charge in [-0.25, -0.2) is 4.79 Å². The van der Waals surface area contributed by atoms with E-state index in [1.807, 2.05) is 0 Å². The van der Waals surface area contributed by atoms with Crippen LogP contribution in [0.15, 0.2) is 0 Å². The molecule has 7 heteroatoms. The molecule has 0 aliphatic carbocycles. The molecule has 1 aromatic rings. The van der Waals surface area contributed by atoms with Gasteiger partial charge in [-0.05, 0) is 20.8 Å². The van der Waals surface area contributed by atoms with Gasteiger partial charge in [0.2, 0.25) is 5.13 Å². The number of amides is 1. The van der Waals surface area contributed by atoms with Gasteiger partial charge in [0.15, 0.2) is 11.3 Å². The first-order chi connectivity index (χ1) is 6.90. The average Bonchev–Trinajstić information content (AvgIpc) is 2.48. The Kier molecular flexibility index (Phi) is 3.35. The second kappa shape index (κ2) is 4.35. The fraction of sp³-hybridized carbons (Fsp3) is 0.500. The van der Waals surface area contributed by atoms with Crippen LogP contribution in [0.2, 0.25) is 0 Å². The lowest BCUT2D eigenvalue weighted by Gasteiger charge is -2.18. The van der Waals surface area contributed by atoms with Crippen molar-refractivity contribution in [3.8, 4) is 0 Å². The van der Waals surface area contributed by atoms with Crippen molar-refractivity contribution >= 4 is 28.8 Å². The number of ether oxygens (including phenoxy) is 1. The van der Waals surface area contributed by atoms with Crippen LogP contribution in [-0.2, 0) is 4.74 Å². The highest BCUT2D eigenvalue weighted by Crippen LogP contribution is 2.15. The number of carbonyl (C=O) groups excluding carboxylic acids is 2. The number of hydrogen-bond donors (Lipinski definition) is 1. The number of nitrogens with one attached hydrogen (secondary N) is 1. The minimum Gasteiger partial charge on any atom is -0.444 e. The van der Waals surface area contributed by atoms with Gasteiger partial charge >= 0.3 is 6.09 Å². The molecule has 0 aliphatic rings. The molecule has 82 valence electrons. The number of hydrogen-bond acceptors (Lipinski definition) is 6. The van der Waals surface area contributed by atoms with Gasteiger partial charge in [-0.2, -0.15) is 0 Å². The zero-order valence-electron chi connectivity index (χ0n) is 8.60. The summed E-state index contributed by atoms with van der Waals surface area (Å²) in [7, 11) is 0. The Morgan fingerprint density at radius 2 is 2.13 bits per heavy atom. The predicted molar refractivity (Wildman–Crippen MR) is 55.2 cm³/mol. The van der Waals surface area contributed by atoms with E-state index >= 15 is 0 Å². The summed E-state index contributed by atoms with van der Waals surface area (Å²) in [6, 6.07) is 0. The molecule has 0 saturated carbocycles. The molecular formula is C8H11N3O3S. The molecule has 0 saturated heterocycles. The van der Waals surface area contributed by atoms with Crippen molar-refractivity contribution in [2.24, 2.45) is 0 Å². The Hall–Kier alpha value is -1.50. The maximum Gasteiger partial charge on any atom is 0.414 e. The van der Waals surface area contributed by atoms with Crippen molar-refractivity contribution in [3.63, 3.8) is 0 Å². The normalized spacial score (nSPS) is 10.9. The number of rotatable bonds is 2. The van der Waals surface area contributed by atoms with E-state index in [0.29, 0.717) is 6.29 Å². The number of carbonyl (C=O) groups is 2. The lowest BCUT2D eigenvalue weighted by Crippen LogP contribution is -2.27. The zero-order chi connectivity index (χ0) is 11.5. The van der Waals surface area contributed by atoms with E-state index in [2.05, 4.69) is 15.5 Å². The maximum absolute atomic E-state index is 11.2. The molecular weight excluding hydrogens is 218 g/mol. The Labute approximate surface area is 90.7 Å². The number of aromatic nitrogens is 2. The predicted octanol–water partition coefficient (Wildman–Crippen LogP) is 1.70. The topological polar surface area (TPSA) is 81.2 Å². The smallest absolute Gasteiger partial charge is 0.414 e. The van der Waals surface area contributed by atoms with Crippen LogP contribution in [0.4, 0.5) is 9.93 Å². The van der Waals surface area contributed by atoms with Gasteiger partial charge in [0.25, 0.3) is 0 Å². The van der Waals surface area contributed by atoms with Crippen molar-refractivity contribution in [1.82, 2.24) is 10.2 Å². The summed E-state index contributed by atoms with van der Waals surface area (Å²) >= 11 is 0.985. The fourth-order valence-electron chi connectivity index (χ4n) is 0.724. The van der Waals surface area contributed by atoms with Crippen molar-refractivity contribution in [3.05, 3.63) is 5.01 Å². The van der Waals surface area contributed by atoms with Crippen LogP contribution >= 0.6 is 11.3 Å². The van der Waals surface area contributed by atoms with Gasteiger partial charge in [-0.1, -0.05) is 11.3 Å². The molecule has 6 nitrogen and oxygen atoms in total. The summed E-state index contributed by atoms with van der Waals surface area (Å²) in [5.74, 6) is 0. The summed E-state index contributed by atoms with van der Waals surface area (Å²) < 4.78 is 4.99. The average molecular weight is 229 g/mol. The molecule has 0 unspecified atom stereocenters. The van der Waals surface area contributed by atoms with E-state index in [0.717, 1.165) is 11.3 Å². The van der Waals surface area contributed by atoms with Crippen LogP contribution in [-0.4, -0.2) is 28.2 Å². The van der Waals surface area contributed by atoms with Gasteiger partial charge < -0.3 is 4.74 Å². The highest BCUT2D eigenvalue weighted by molar-refractivity contribution is 7.16. The molecule has 0 atom stereocenters. The summed E-state index contributed by atoms with van der Waals surface area (Å²) in [4.78, 5) is 21.5. The molecule has 1 rings (SSSR count). The summed E-state index contributed by atoms with van der Waals surface area (Å²) in [6.07, 6.45) is -0.0473. The lowest BCUT2D eigenvalue weighted by atomic mass is 10.2. The van der Waals surface area contributed by atoms with Gasteiger partial charge in [0.05, 0.1) is 0 Å². The fourth-order valence-corrected chi connectivity index (χ4v) is 1.27. The minimum atomic E-state index is -0.615. The van der Waals surface area contributed by atoms with Crippen LogP contribution in [0.3, 0.4) is 0 Å². The van der Waals surface area contributed by atoms with Gasteiger partial charge in [-0.3, -0.25) is 10.1 Å². The monoisotopic (exact) mass is 229 g/mol. The SMILES string of the molecule is CC(C)(C)OC(=O)Nc1nnc(C=O)s1. The Bertz CT molecular complexity index is 369. The largest absolute Gasteiger partial charge is 0.444 e. The third kappa shape index (κ3) is 4.03. The molecule has 1 N–H and O–H groups in total. The van der Waals surface area contributed by atoms with Gasteiger partial charge in [0, 0.05) is 0 Å². The van der Waals surface area contributed by atoms with E-state index in [4.69, 9.17) is 4.74 Å². The Morgan fingerprint density at radius 3 is 2.60 bits per heavy atom. The van der Waals surface area contributed by atoms with E-state index in [1.54, 1.807) is 20.8 Å². The third-order valence-electron chi connectivity index (χ3n) is 1.15. The summed E-state index contributed by atoms with van der Waals surface area (Å²) in [6.45, 7) is 5.26. The molecule has 0 spiro atoms. The number of anilines is 1. The molecule has 0 aromatic carbocycles. The first-order valence-corrected chi connectivity index (χ1v) is 5.01. The van der Waals surface area contributed by atoms with Crippen LogP contribution in [0.25, 0.3) is 0 Å². The lowest BCUT2D eigenvalue weighted by molar-refractivity contribution is 0.0635. The first kappa shape index (κ1) is 11.6. The second-order valence-corrected chi connectivity index (χ2v) is 4.70. The minimum absolute atomic E-state index is 0.209. The number of aldehydes is 1. The first-order valence-electron chi connectivity index (χ1n) is 4.19. The van der Waals surface area contributed by atoms with Crippen molar-refractivity contribution < 1.29 is 14.3 Å². The maximum atomic E-state index is 11.2. The van der Waals surface area contributed by atoms with E-state index < -0.39 is 11.7 Å². The van der Waals surface area contributed by atoms with Crippen molar-refractivity contribution in [2.45, 2.75) is 26.4 Å². The molecule has 0 aliphatic heterocycles. The van der Waals surface area contributed by atoms with Crippen LogP contribution < -0.4 is 5.32 Å². The Morgan fingerprint density at radius 1 is 1.47 bits per heavy atom. The molecule has 0 fully saturated rings. The van der Waals surface area contributed by atoms with Gasteiger partial charge in [0.1, 0.15) is 5.60 Å². The van der Waals surface area contributed by atoms with Crippen LogP contribution in [0, 0.1) is 0 Å². The quantitative estimate of drug-likeness (QED) is 0.780. The molecule has 1 heterocycles. The molecule has 1 aromatic heterocycles. The molecule has 0 radical (unpaired) electrons. The van der Waals surface area contributed by atoms with E-state index in [-0.39, 0.29) is 10.1 Å². The zero-order valence-corrected chi connectivity index (χ0v) is 9.42. The van der Waals surface area contributed by atoms with Gasteiger partial charge in [-0.15, -0.1) is 10.2 Å². The summed E-state index contributed by atoms with van der Waals surface area (Å²) in [5.41, 5.74) is -0.567. The van der Waals surface area contributed by atoms with Crippen molar-refractivity contribution in [1.29, 1.82) is 0 Å². The standard InChI is InChI=1S/C8H11N3O3S/c1-8(2,3)14-7(13)9-6-11-10-5(4-12)15-6/h4H,1-3H3,(H,9,11,13). The molecule has 1 amide bonds. The van der Waals surface area contributed by atoms with Crippen molar-refractivity contribution in [2.75, 3.05) is 5.32 Å². The molecule has 0 bridgehead atoms.